The van der Waals surface area contributed by atoms with E-state index in [1.807, 2.05) is 36.1 Å². The van der Waals surface area contributed by atoms with E-state index in [1.54, 1.807) is 6.20 Å². The maximum absolute atomic E-state index is 12.7. The van der Waals surface area contributed by atoms with E-state index in [-0.39, 0.29) is 5.91 Å². The maximum atomic E-state index is 12.7. The van der Waals surface area contributed by atoms with Gasteiger partial charge in [-0.3, -0.25) is 9.89 Å². The monoisotopic (exact) mass is 323 g/mol. The summed E-state index contributed by atoms with van der Waals surface area (Å²) in [5.41, 5.74) is 4.09. The summed E-state index contributed by atoms with van der Waals surface area (Å²) in [4.78, 5) is 22.3. The normalized spacial score (nSPS) is 18.2. The lowest BCUT2D eigenvalue weighted by Crippen LogP contribution is -2.40. The largest absolute Gasteiger partial charge is 0.342 e. The third kappa shape index (κ3) is 2.91. The van der Waals surface area contributed by atoms with Crippen LogP contribution in [0.1, 0.15) is 35.8 Å². The highest BCUT2D eigenvalue weighted by Gasteiger charge is 2.25. The van der Waals surface area contributed by atoms with Crippen LogP contribution in [-0.2, 0) is 11.2 Å². The zero-order chi connectivity index (χ0) is 16.5. The van der Waals surface area contributed by atoms with Crippen LogP contribution in [0.5, 0.6) is 0 Å². The number of hydrogen-bond donors (Lipinski definition) is 2. The second kappa shape index (κ2) is 6.11. The number of piperidine rings is 1. The Hall–Kier alpha value is -2.63. The van der Waals surface area contributed by atoms with E-state index < -0.39 is 0 Å². The minimum absolute atomic E-state index is 0.190. The summed E-state index contributed by atoms with van der Waals surface area (Å²) in [6, 6.07) is 8.01. The Balaban J connectivity index is 1.46. The first-order valence-electron chi connectivity index (χ1n) is 8.41. The van der Waals surface area contributed by atoms with Gasteiger partial charge in [0.15, 0.2) is 0 Å². The molecule has 1 aromatic carbocycles. The summed E-state index contributed by atoms with van der Waals surface area (Å²) in [5, 5.41) is 7.07. The van der Waals surface area contributed by atoms with Crippen LogP contribution in [0.25, 0.3) is 11.0 Å². The number of fused-ring (bicyclic) bond motifs is 1. The van der Waals surface area contributed by atoms with Crippen molar-refractivity contribution in [3.8, 4) is 0 Å². The number of aromatic amines is 2. The van der Waals surface area contributed by atoms with Crippen molar-refractivity contribution < 1.29 is 4.79 Å². The SMILES string of the molecule is Cc1nc2ccc(CC(=O)N3CCC[C@H](c4ccn[nH]4)C3)cc2[nH]1. The number of hydrogen-bond acceptors (Lipinski definition) is 3. The van der Waals surface area contributed by atoms with E-state index in [0.29, 0.717) is 12.3 Å². The molecule has 1 aliphatic heterocycles. The number of nitrogens with zero attached hydrogens (tertiary/aromatic N) is 3. The van der Waals surface area contributed by atoms with Gasteiger partial charge in [0, 0.05) is 30.9 Å². The standard InChI is InChI=1S/C18H21N5O/c1-12-20-16-5-4-13(9-17(16)21-12)10-18(24)23-8-2-3-14(11-23)15-6-7-19-22-15/h4-7,9,14H,2-3,8,10-11H2,1H3,(H,19,22)(H,20,21)/t14-/m0/s1. The minimum atomic E-state index is 0.190. The summed E-state index contributed by atoms with van der Waals surface area (Å²) in [6.07, 6.45) is 4.35. The molecule has 2 N–H and O–H groups in total. The van der Waals surface area contributed by atoms with Crippen molar-refractivity contribution in [2.45, 2.75) is 32.1 Å². The molecule has 3 aromatic rings. The Morgan fingerprint density at radius 1 is 1.38 bits per heavy atom. The Bertz CT molecular complexity index is 852. The van der Waals surface area contributed by atoms with Crippen molar-refractivity contribution in [1.82, 2.24) is 25.1 Å². The van der Waals surface area contributed by atoms with Gasteiger partial charge in [-0.15, -0.1) is 0 Å². The highest BCUT2D eigenvalue weighted by Crippen LogP contribution is 2.25. The first-order chi connectivity index (χ1) is 11.7. The number of rotatable bonds is 3. The average Bonchev–Trinajstić information content (AvgIpc) is 3.23. The summed E-state index contributed by atoms with van der Waals surface area (Å²) < 4.78 is 0. The second-order valence-corrected chi connectivity index (χ2v) is 6.54. The van der Waals surface area contributed by atoms with Gasteiger partial charge in [-0.05, 0) is 43.5 Å². The molecule has 1 amide bonds. The molecule has 2 aromatic heterocycles. The van der Waals surface area contributed by atoms with Gasteiger partial charge in [-0.25, -0.2) is 4.98 Å². The Morgan fingerprint density at radius 2 is 2.29 bits per heavy atom. The number of carbonyl (C=O) groups is 1. The molecule has 1 saturated heterocycles. The summed E-state index contributed by atoms with van der Waals surface area (Å²) in [5.74, 6) is 1.45. The fourth-order valence-corrected chi connectivity index (χ4v) is 3.53. The van der Waals surface area contributed by atoms with E-state index in [9.17, 15) is 4.79 Å². The zero-order valence-corrected chi connectivity index (χ0v) is 13.7. The highest BCUT2D eigenvalue weighted by molar-refractivity contribution is 5.82. The van der Waals surface area contributed by atoms with Crippen LogP contribution in [0.15, 0.2) is 30.5 Å². The maximum Gasteiger partial charge on any atom is 0.227 e. The van der Waals surface area contributed by atoms with E-state index >= 15 is 0 Å². The molecule has 6 heteroatoms. The number of H-pyrrole nitrogens is 2. The van der Waals surface area contributed by atoms with Crippen LogP contribution in [0.3, 0.4) is 0 Å². The number of imidazole rings is 1. The number of likely N-dealkylation sites (tertiary alicyclic amines) is 1. The third-order valence-electron chi connectivity index (χ3n) is 4.76. The number of benzene rings is 1. The molecule has 1 atom stereocenters. The summed E-state index contributed by atoms with van der Waals surface area (Å²) >= 11 is 0. The lowest BCUT2D eigenvalue weighted by atomic mass is 9.94. The molecule has 0 unspecified atom stereocenters. The molecule has 1 fully saturated rings. The van der Waals surface area contributed by atoms with Gasteiger partial charge in [-0.1, -0.05) is 6.07 Å². The minimum Gasteiger partial charge on any atom is -0.342 e. The molecular weight excluding hydrogens is 302 g/mol. The molecule has 0 aliphatic carbocycles. The van der Waals surface area contributed by atoms with E-state index in [2.05, 4.69) is 20.2 Å². The predicted molar refractivity (Wildman–Crippen MR) is 91.7 cm³/mol. The Labute approximate surface area is 140 Å². The summed E-state index contributed by atoms with van der Waals surface area (Å²) in [7, 11) is 0. The van der Waals surface area contributed by atoms with Crippen LogP contribution in [0.4, 0.5) is 0 Å². The van der Waals surface area contributed by atoms with Gasteiger partial charge < -0.3 is 9.88 Å². The van der Waals surface area contributed by atoms with Gasteiger partial charge in [0.05, 0.1) is 17.5 Å². The average molecular weight is 323 g/mol. The van der Waals surface area contributed by atoms with Gasteiger partial charge in [0.25, 0.3) is 0 Å². The zero-order valence-electron chi connectivity index (χ0n) is 13.7. The molecular formula is C18H21N5O. The first-order valence-corrected chi connectivity index (χ1v) is 8.41. The molecule has 0 radical (unpaired) electrons. The summed E-state index contributed by atoms with van der Waals surface area (Å²) in [6.45, 7) is 3.55. The Kier molecular flexibility index (Phi) is 3.80. The molecule has 0 bridgehead atoms. The van der Waals surface area contributed by atoms with Crippen LogP contribution < -0.4 is 0 Å². The topological polar surface area (TPSA) is 77.7 Å². The van der Waals surface area contributed by atoms with E-state index in [4.69, 9.17) is 0 Å². The van der Waals surface area contributed by atoms with Crippen molar-refractivity contribution in [2.24, 2.45) is 0 Å². The predicted octanol–water partition coefficient (Wildman–Crippen LogP) is 2.54. The van der Waals surface area contributed by atoms with Crippen LogP contribution in [0.2, 0.25) is 0 Å². The van der Waals surface area contributed by atoms with Crippen molar-refractivity contribution in [3.05, 3.63) is 47.5 Å². The van der Waals surface area contributed by atoms with Crippen molar-refractivity contribution in [2.75, 3.05) is 13.1 Å². The Morgan fingerprint density at radius 3 is 3.12 bits per heavy atom. The number of aryl methyl sites for hydroxylation is 1. The lowest BCUT2D eigenvalue weighted by Gasteiger charge is -2.32. The van der Waals surface area contributed by atoms with Crippen LogP contribution in [0, 0.1) is 6.92 Å². The van der Waals surface area contributed by atoms with E-state index in [1.165, 1.54) is 0 Å². The molecule has 1 aliphatic rings. The third-order valence-corrected chi connectivity index (χ3v) is 4.76. The lowest BCUT2D eigenvalue weighted by molar-refractivity contribution is -0.131. The first kappa shape index (κ1) is 14.9. The number of carbonyl (C=O) groups excluding carboxylic acids is 1. The smallest absolute Gasteiger partial charge is 0.227 e. The number of nitrogens with one attached hydrogen (secondary N) is 2. The molecule has 4 rings (SSSR count). The van der Waals surface area contributed by atoms with Crippen LogP contribution >= 0.6 is 0 Å². The fourth-order valence-electron chi connectivity index (χ4n) is 3.53. The quantitative estimate of drug-likeness (QED) is 0.777. The van der Waals surface area contributed by atoms with Crippen LogP contribution in [-0.4, -0.2) is 44.1 Å². The number of aromatic nitrogens is 4. The van der Waals surface area contributed by atoms with Gasteiger partial charge >= 0.3 is 0 Å². The molecule has 0 saturated carbocycles. The van der Waals surface area contributed by atoms with E-state index in [0.717, 1.165) is 54.0 Å². The molecule has 124 valence electrons. The van der Waals surface area contributed by atoms with Gasteiger partial charge in [-0.2, -0.15) is 5.10 Å². The van der Waals surface area contributed by atoms with Crippen molar-refractivity contribution in [3.63, 3.8) is 0 Å². The molecule has 3 heterocycles. The highest BCUT2D eigenvalue weighted by atomic mass is 16.2. The van der Waals surface area contributed by atoms with Crippen molar-refractivity contribution >= 4 is 16.9 Å². The van der Waals surface area contributed by atoms with Crippen molar-refractivity contribution in [1.29, 1.82) is 0 Å². The van der Waals surface area contributed by atoms with Gasteiger partial charge in [0.1, 0.15) is 5.82 Å². The fraction of sp³-hybridized carbons (Fsp3) is 0.389. The molecule has 24 heavy (non-hydrogen) atoms. The number of amides is 1. The second-order valence-electron chi connectivity index (χ2n) is 6.54. The molecule has 0 spiro atoms. The molecule has 6 nitrogen and oxygen atoms in total. The van der Waals surface area contributed by atoms with Gasteiger partial charge in [0.2, 0.25) is 5.91 Å².